The van der Waals surface area contributed by atoms with Crippen LogP contribution in [0.15, 0.2) is 22.7 Å². The molecule has 1 aromatic carbocycles. The van der Waals surface area contributed by atoms with Gasteiger partial charge in [0.2, 0.25) is 0 Å². The molecule has 0 bridgehead atoms. The summed E-state index contributed by atoms with van der Waals surface area (Å²) in [5.41, 5.74) is 0.480. The number of hydrogen-bond donors (Lipinski definition) is 1. The number of rotatable bonds is 3. The second-order valence-electron chi connectivity index (χ2n) is 4.11. The van der Waals surface area contributed by atoms with Gasteiger partial charge in [0, 0.05) is 5.56 Å². The maximum Gasteiger partial charge on any atom is 0.156 e. The maximum atomic E-state index is 11.3. The summed E-state index contributed by atoms with van der Waals surface area (Å²) >= 11 is 3.23. The van der Waals surface area contributed by atoms with Gasteiger partial charge in [0.05, 0.1) is 16.0 Å². The molecule has 5 nitrogen and oxygen atoms in total. The Kier molecular flexibility index (Phi) is 3.74. The number of aliphatic hydroxyl groups is 1. The molecule has 1 saturated heterocycles. The Balaban J connectivity index is 2.17. The fraction of sp³-hybridized carbons (Fsp3) is 0.364. The molecule has 2 unspecified atom stereocenters. The van der Waals surface area contributed by atoms with Crippen molar-refractivity contribution in [2.45, 2.75) is 12.2 Å². The zero-order valence-electron chi connectivity index (χ0n) is 9.24. The summed E-state index contributed by atoms with van der Waals surface area (Å²) in [6, 6.07) is 4.69. The molecule has 18 heavy (non-hydrogen) atoms. The van der Waals surface area contributed by atoms with Crippen LogP contribution in [0.4, 0.5) is 0 Å². The van der Waals surface area contributed by atoms with E-state index in [0.29, 0.717) is 22.1 Å². The van der Waals surface area contributed by atoms with Crippen LogP contribution in [-0.2, 0) is 9.84 Å². The molecule has 1 N–H and O–H groups in total. The molecule has 0 amide bonds. The molecule has 1 fully saturated rings. The topological polar surface area (TPSA) is 80.7 Å². The van der Waals surface area contributed by atoms with Crippen LogP contribution < -0.4 is 4.74 Å². The van der Waals surface area contributed by atoms with Gasteiger partial charge in [0.15, 0.2) is 9.84 Å². The molecule has 1 aliphatic heterocycles. The van der Waals surface area contributed by atoms with Crippen molar-refractivity contribution < 1.29 is 23.1 Å². The second kappa shape index (κ2) is 4.99. The van der Waals surface area contributed by atoms with Crippen LogP contribution in [0.1, 0.15) is 10.4 Å². The van der Waals surface area contributed by atoms with Crippen molar-refractivity contribution in [3.8, 4) is 5.75 Å². The van der Waals surface area contributed by atoms with E-state index in [1.807, 2.05) is 0 Å². The molecule has 2 rings (SSSR count). The SMILES string of the molecule is O=Cc1ccc(OC2CS(=O)(=O)CC2O)c(Br)c1. The summed E-state index contributed by atoms with van der Waals surface area (Å²) in [5, 5.41) is 9.60. The number of benzene rings is 1. The fourth-order valence-corrected chi connectivity index (χ4v) is 3.91. The normalized spacial score (nSPS) is 25.9. The molecule has 98 valence electrons. The number of hydrogen-bond acceptors (Lipinski definition) is 5. The smallest absolute Gasteiger partial charge is 0.156 e. The van der Waals surface area contributed by atoms with Crippen molar-refractivity contribution in [1.29, 1.82) is 0 Å². The highest BCUT2D eigenvalue weighted by Gasteiger charge is 2.38. The van der Waals surface area contributed by atoms with Crippen LogP contribution in [-0.4, -0.2) is 43.5 Å². The predicted molar refractivity (Wildman–Crippen MR) is 68.6 cm³/mol. The van der Waals surface area contributed by atoms with Crippen molar-refractivity contribution in [1.82, 2.24) is 0 Å². The minimum Gasteiger partial charge on any atom is -0.485 e. The van der Waals surface area contributed by atoms with E-state index in [1.54, 1.807) is 18.2 Å². The van der Waals surface area contributed by atoms with E-state index in [2.05, 4.69) is 15.9 Å². The molecule has 0 radical (unpaired) electrons. The van der Waals surface area contributed by atoms with Crippen LogP contribution in [0.3, 0.4) is 0 Å². The average molecular weight is 335 g/mol. The van der Waals surface area contributed by atoms with Gasteiger partial charge in [-0.2, -0.15) is 0 Å². The minimum atomic E-state index is -3.24. The molecule has 1 aliphatic rings. The molecular formula is C11H11BrO5S. The summed E-state index contributed by atoms with van der Waals surface area (Å²) in [7, 11) is -3.24. The highest BCUT2D eigenvalue weighted by molar-refractivity contribution is 9.10. The second-order valence-corrected chi connectivity index (χ2v) is 7.12. The van der Waals surface area contributed by atoms with E-state index in [-0.39, 0.29) is 11.5 Å². The highest BCUT2D eigenvalue weighted by Crippen LogP contribution is 2.28. The number of sulfone groups is 1. The van der Waals surface area contributed by atoms with Crippen LogP contribution in [0.2, 0.25) is 0 Å². The van der Waals surface area contributed by atoms with Gasteiger partial charge in [-0.05, 0) is 34.1 Å². The number of aliphatic hydroxyl groups excluding tert-OH is 1. The Hall–Kier alpha value is -0.920. The first-order valence-corrected chi connectivity index (χ1v) is 7.82. The van der Waals surface area contributed by atoms with E-state index < -0.39 is 22.0 Å². The Labute approximate surface area is 113 Å². The van der Waals surface area contributed by atoms with Crippen molar-refractivity contribution >= 4 is 32.1 Å². The van der Waals surface area contributed by atoms with Gasteiger partial charge < -0.3 is 9.84 Å². The number of carbonyl (C=O) groups excluding carboxylic acids is 1. The zero-order chi connectivity index (χ0) is 13.3. The number of halogens is 1. The average Bonchev–Trinajstić information content (AvgIpc) is 2.54. The van der Waals surface area contributed by atoms with E-state index in [1.165, 1.54) is 0 Å². The minimum absolute atomic E-state index is 0.198. The highest BCUT2D eigenvalue weighted by atomic mass is 79.9. The third-order valence-corrected chi connectivity index (χ3v) is 4.95. The molecule has 0 spiro atoms. The third-order valence-electron chi connectivity index (χ3n) is 2.64. The van der Waals surface area contributed by atoms with Gasteiger partial charge in [-0.3, -0.25) is 4.79 Å². The lowest BCUT2D eigenvalue weighted by Crippen LogP contribution is -2.29. The largest absolute Gasteiger partial charge is 0.485 e. The Morgan fingerprint density at radius 3 is 2.61 bits per heavy atom. The van der Waals surface area contributed by atoms with Crippen LogP contribution in [0.25, 0.3) is 0 Å². The van der Waals surface area contributed by atoms with Crippen LogP contribution >= 0.6 is 15.9 Å². The lowest BCUT2D eigenvalue weighted by Gasteiger charge is -2.16. The van der Waals surface area contributed by atoms with Crippen molar-refractivity contribution in [2.75, 3.05) is 11.5 Å². The molecule has 1 aromatic rings. The van der Waals surface area contributed by atoms with E-state index in [0.717, 1.165) is 0 Å². The lowest BCUT2D eigenvalue weighted by molar-refractivity contribution is 0.0733. The first-order valence-electron chi connectivity index (χ1n) is 5.21. The van der Waals surface area contributed by atoms with Gasteiger partial charge in [0.25, 0.3) is 0 Å². The zero-order valence-corrected chi connectivity index (χ0v) is 11.6. The molecule has 2 atom stereocenters. The van der Waals surface area contributed by atoms with Crippen LogP contribution in [0, 0.1) is 0 Å². The van der Waals surface area contributed by atoms with E-state index >= 15 is 0 Å². The number of aldehydes is 1. The first-order chi connectivity index (χ1) is 8.41. The Bertz CT molecular complexity index is 569. The van der Waals surface area contributed by atoms with Gasteiger partial charge in [-0.15, -0.1) is 0 Å². The van der Waals surface area contributed by atoms with Gasteiger partial charge in [0.1, 0.15) is 24.2 Å². The maximum absolute atomic E-state index is 11.3. The molecule has 0 aliphatic carbocycles. The van der Waals surface area contributed by atoms with Crippen molar-refractivity contribution in [3.05, 3.63) is 28.2 Å². The standard InChI is InChI=1S/C11H11BrO5S/c12-8-3-7(4-13)1-2-10(8)17-11-6-18(15,16)5-9(11)14/h1-4,9,11,14H,5-6H2. The van der Waals surface area contributed by atoms with Gasteiger partial charge >= 0.3 is 0 Å². The van der Waals surface area contributed by atoms with Gasteiger partial charge in [-0.25, -0.2) is 8.42 Å². The number of carbonyl (C=O) groups is 1. The summed E-state index contributed by atoms with van der Waals surface area (Å²) in [4.78, 5) is 10.6. The van der Waals surface area contributed by atoms with Crippen LogP contribution in [0.5, 0.6) is 5.75 Å². The van der Waals surface area contributed by atoms with Crippen molar-refractivity contribution in [3.63, 3.8) is 0 Å². The Morgan fingerprint density at radius 1 is 1.39 bits per heavy atom. The summed E-state index contributed by atoms with van der Waals surface area (Å²) in [6.45, 7) is 0. The Morgan fingerprint density at radius 2 is 2.11 bits per heavy atom. The summed E-state index contributed by atoms with van der Waals surface area (Å²) < 4.78 is 28.7. The first kappa shape index (κ1) is 13.5. The quantitative estimate of drug-likeness (QED) is 0.827. The van der Waals surface area contributed by atoms with E-state index in [9.17, 15) is 18.3 Å². The van der Waals surface area contributed by atoms with Crippen molar-refractivity contribution in [2.24, 2.45) is 0 Å². The predicted octanol–water partition coefficient (Wildman–Crippen LogP) is 0.798. The van der Waals surface area contributed by atoms with Gasteiger partial charge in [-0.1, -0.05) is 0 Å². The molecule has 7 heteroatoms. The lowest BCUT2D eigenvalue weighted by atomic mass is 10.2. The number of ether oxygens (including phenoxy) is 1. The summed E-state index contributed by atoms with van der Waals surface area (Å²) in [6.07, 6.45) is -1.09. The summed E-state index contributed by atoms with van der Waals surface area (Å²) in [5.74, 6) is -0.0701. The molecule has 0 aromatic heterocycles. The monoisotopic (exact) mass is 334 g/mol. The fourth-order valence-electron chi connectivity index (χ4n) is 1.76. The third kappa shape index (κ3) is 2.90. The molecular weight excluding hydrogens is 324 g/mol. The molecule has 0 saturated carbocycles. The molecule has 1 heterocycles. The van der Waals surface area contributed by atoms with E-state index in [4.69, 9.17) is 4.74 Å².